The first-order valence-corrected chi connectivity index (χ1v) is 6.97. The van der Waals surface area contributed by atoms with E-state index < -0.39 is 11.4 Å². The Labute approximate surface area is 116 Å². The van der Waals surface area contributed by atoms with Crippen LogP contribution in [-0.2, 0) is 4.79 Å². The van der Waals surface area contributed by atoms with Crippen LogP contribution in [0.4, 0.5) is 5.82 Å². The number of hydrogen-bond donors (Lipinski definition) is 2. The number of nitrogens with one attached hydrogen (secondary N) is 1. The number of fused-ring (bicyclic) bond motifs is 1. The molecular formula is C14H18N4O2. The molecule has 2 aromatic heterocycles. The zero-order valence-electron chi connectivity index (χ0n) is 11.2. The van der Waals surface area contributed by atoms with Gasteiger partial charge in [-0.05, 0) is 18.9 Å². The predicted molar refractivity (Wildman–Crippen MR) is 74.6 cm³/mol. The highest BCUT2D eigenvalue weighted by molar-refractivity contribution is 5.75. The lowest BCUT2D eigenvalue weighted by Gasteiger charge is -2.33. The van der Waals surface area contributed by atoms with Crippen LogP contribution in [0.1, 0.15) is 32.1 Å². The average molecular weight is 274 g/mol. The second-order valence-electron chi connectivity index (χ2n) is 5.45. The van der Waals surface area contributed by atoms with Crippen molar-refractivity contribution < 1.29 is 9.90 Å². The molecule has 0 atom stereocenters. The summed E-state index contributed by atoms with van der Waals surface area (Å²) in [5.74, 6) is -0.000621. The lowest BCUT2D eigenvalue weighted by atomic mass is 9.74. The minimum Gasteiger partial charge on any atom is -0.481 e. The molecule has 0 aliphatic heterocycles. The highest BCUT2D eigenvalue weighted by atomic mass is 16.4. The third-order valence-corrected chi connectivity index (χ3v) is 4.13. The first kappa shape index (κ1) is 12.9. The molecule has 106 valence electrons. The fourth-order valence-electron chi connectivity index (χ4n) is 2.87. The number of carboxylic acids is 1. The number of carbonyl (C=O) groups is 1. The molecule has 2 N–H and O–H groups in total. The predicted octanol–water partition coefficient (Wildman–Crippen LogP) is 2.18. The van der Waals surface area contributed by atoms with Gasteiger partial charge in [-0.2, -0.15) is 5.10 Å². The Morgan fingerprint density at radius 3 is 2.90 bits per heavy atom. The van der Waals surface area contributed by atoms with Crippen LogP contribution in [-0.4, -0.2) is 32.2 Å². The summed E-state index contributed by atoms with van der Waals surface area (Å²) in [4.78, 5) is 16.0. The maximum Gasteiger partial charge on any atom is 0.311 e. The second kappa shape index (κ2) is 5.11. The van der Waals surface area contributed by atoms with Gasteiger partial charge < -0.3 is 10.4 Å². The normalized spacial score (nSPS) is 18.0. The highest BCUT2D eigenvalue weighted by Gasteiger charge is 2.39. The molecule has 1 saturated carbocycles. The van der Waals surface area contributed by atoms with Crippen LogP contribution in [0.2, 0.25) is 0 Å². The second-order valence-corrected chi connectivity index (χ2v) is 5.45. The van der Waals surface area contributed by atoms with Gasteiger partial charge >= 0.3 is 5.97 Å². The number of carboxylic acid groups (broad SMARTS) is 1. The molecule has 6 heteroatoms. The summed E-state index contributed by atoms with van der Waals surface area (Å²) >= 11 is 0. The van der Waals surface area contributed by atoms with Crippen molar-refractivity contribution in [2.24, 2.45) is 5.41 Å². The largest absolute Gasteiger partial charge is 0.481 e. The molecule has 20 heavy (non-hydrogen) atoms. The van der Waals surface area contributed by atoms with Gasteiger partial charge in [0.2, 0.25) is 0 Å². The fraction of sp³-hybridized carbons (Fsp3) is 0.500. The van der Waals surface area contributed by atoms with Crippen molar-refractivity contribution in [1.82, 2.24) is 14.6 Å². The van der Waals surface area contributed by atoms with Crippen LogP contribution in [0.5, 0.6) is 0 Å². The van der Waals surface area contributed by atoms with Gasteiger partial charge in [-0.3, -0.25) is 4.79 Å². The molecule has 0 bridgehead atoms. The smallest absolute Gasteiger partial charge is 0.311 e. The number of aromatic nitrogens is 3. The molecule has 0 unspecified atom stereocenters. The zero-order chi connectivity index (χ0) is 14.0. The van der Waals surface area contributed by atoms with E-state index in [4.69, 9.17) is 0 Å². The van der Waals surface area contributed by atoms with Crippen LogP contribution < -0.4 is 5.32 Å². The van der Waals surface area contributed by atoms with E-state index in [9.17, 15) is 9.90 Å². The standard InChI is InChI=1S/C14H18N4O2/c19-13(20)14(6-2-1-3-7-14)10-15-11-5-9-18-12(17-11)4-8-16-18/h4-5,8-9H,1-3,6-7,10H2,(H,15,17)(H,19,20). The van der Waals surface area contributed by atoms with E-state index in [1.807, 2.05) is 18.3 Å². The highest BCUT2D eigenvalue weighted by Crippen LogP contribution is 2.36. The molecule has 0 saturated heterocycles. The van der Waals surface area contributed by atoms with Gasteiger partial charge in [0.1, 0.15) is 5.82 Å². The van der Waals surface area contributed by atoms with Gasteiger partial charge in [0.05, 0.1) is 11.6 Å². The van der Waals surface area contributed by atoms with Gasteiger partial charge in [0.15, 0.2) is 5.65 Å². The quantitative estimate of drug-likeness (QED) is 0.893. The Balaban J connectivity index is 1.74. The number of nitrogens with zero attached hydrogens (tertiary/aromatic N) is 3. The molecule has 2 heterocycles. The summed E-state index contributed by atoms with van der Waals surface area (Å²) in [5, 5.41) is 16.8. The van der Waals surface area contributed by atoms with Gasteiger partial charge in [-0.15, -0.1) is 0 Å². The minimum absolute atomic E-state index is 0.430. The molecule has 1 aliphatic rings. The Kier molecular flexibility index (Phi) is 3.30. The number of anilines is 1. The molecule has 1 aliphatic carbocycles. The first-order chi connectivity index (χ1) is 9.70. The van der Waals surface area contributed by atoms with E-state index in [1.165, 1.54) is 0 Å². The van der Waals surface area contributed by atoms with E-state index in [0.717, 1.165) is 37.8 Å². The van der Waals surface area contributed by atoms with Crippen molar-refractivity contribution in [3.8, 4) is 0 Å². The van der Waals surface area contributed by atoms with E-state index >= 15 is 0 Å². The monoisotopic (exact) mass is 274 g/mol. The lowest BCUT2D eigenvalue weighted by molar-refractivity contribution is -0.150. The van der Waals surface area contributed by atoms with E-state index in [-0.39, 0.29) is 0 Å². The maximum atomic E-state index is 11.6. The van der Waals surface area contributed by atoms with Crippen molar-refractivity contribution in [2.45, 2.75) is 32.1 Å². The fourth-order valence-corrected chi connectivity index (χ4v) is 2.87. The molecule has 0 radical (unpaired) electrons. The van der Waals surface area contributed by atoms with Crippen molar-refractivity contribution in [2.75, 3.05) is 11.9 Å². The third-order valence-electron chi connectivity index (χ3n) is 4.13. The molecule has 3 rings (SSSR count). The van der Waals surface area contributed by atoms with Gasteiger partial charge in [-0.1, -0.05) is 19.3 Å². The van der Waals surface area contributed by atoms with Gasteiger partial charge in [-0.25, -0.2) is 9.50 Å². The summed E-state index contributed by atoms with van der Waals surface area (Å²) in [6, 6.07) is 3.64. The number of rotatable bonds is 4. The summed E-state index contributed by atoms with van der Waals surface area (Å²) in [6.07, 6.45) is 8.10. The van der Waals surface area contributed by atoms with Crippen LogP contribution in [0.3, 0.4) is 0 Å². The molecule has 1 fully saturated rings. The zero-order valence-corrected chi connectivity index (χ0v) is 11.2. The number of aliphatic carboxylic acids is 1. The SMILES string of the molecule is O=C(O)C1(CNc2ccn3nccc3n2)CCCCC1. The van der Waals surface area contributed by atoms with Crippen LogP contribution in [0, 0.1) is 5.41 Å². The Morgan fingerprint density at radius 1 is 1.35 bits per heavy atom. The molecule has 0 spiro atoms. The molecule has 6 nitrogen and oxygen atoms in total. The minimum atomic E-state index is -0.699. The first-order valence-electron chi connectivity index (χ1n) is 6.97. The van der Waals surface area contributed by atoms with E-state index in [1.54, 1.807) is 10.7 Å². The van der Waals surface area contributed by atoms with Crippen molar-refractivity contribution >= 4 is 17.4 Å². The van der Waals surface area contributed by atoms with Crippen molar-refractivity contribution in [3.05, 3.63) is 24.5 Å². The Bertz CT molecular complexity index is 616. The molecular weight excluding hydrogens is 256 g/mol. The summed E-state index contributed by atoms with van der Waals surface area (Å²) in [5.41, 5.74) is 0.106. The average Bonchev–Trinajstić information content (AvgIpc) is 2.93. The van der Waals surface area contributed by atoms with Crippen molar-refractivity contribution in [3.63, 3.8) is 0 Å². The summed E-state index contributed by atoms with van der Waals surface area (Å²) in [6.45, 7) is 0.430. The lowest BCUT2D eigenvalue weighted by Crippen LogP contribution is -2.39. The van der Waals surface area contributed by atoms with E-state index in [0.29, 0.717) is 12.4 Å². The third kappa shape index (κ3) is 2.33. The van der Waals surface area contributed by atoms with Crippen LogP contribution in [0.15, 0.2) is 24.5 Å². The summed E-state index contributed by atoms with van der Waals surface area (Å²) < 4.78 is 1.68. The molecule has 2 aromatic rings. The molecule has 0 aromatic carbocycles. The topological polar surface area (TPSA) is 79.5 Å². The number of hydrogen-bond acceptors (Lipinski definition) is 4. The van der Waals surface area contributed by atoms with Gasteiger partial charge in [0.25, 0.3) is 0 Å². The molecule has 0 amide bonds. The summed E-state index contributed by atoms with van der Waals surface area (Å²) in [7, 11) is 0. The van der Waals surface area contributed by atoms with E-state index in [2.05, 4.69) is 15.4 Å². The van der Waals surface area contributed by atoms with Crippen LogP contribution >= 0.6 is 0 Å². The van der Waals surface area contributed by atoms with Crippen LogP contribution in [0.25, 0.3) is 5.65 Å². The Hall–Kier alpha value is -2.11. The van der Waals surface area contributed by atoms with Crippen molar-refractivity contribution in [1.29, 1.82) is 0 Å². The van der Waals surface area contributed by atoms with Gasteiger partial charge in [0, 0.05) is 18.8 Å². The maximum absolute atomic E-state index is 11.6. The Morgan fingerprint density at radius 2 is 2.15 bits per heavy atom.